The number of rotatable bonds is 5. The van der Waals surface area contributed by atoms with Crippen LogP contribution in [0.2, 0.25) is 0 Å². The van der Waals surface area contributed by atoms with E-state index < -0.39 is 76.6 Å². The predicted octanol–water partition coefficient (Wildman–Crippen LogP) is 5.32. The van der Waals surface area contributed by atoms with E-state index in [1.807, 2.05) is 55.6 Å². The molecule has 328 valence electrons. The van der Waals surface area contributed by atoms with Gasteiger partial charge in [0.25, 0.3) is 0 Å². The Morgan fingerprint density at radius 3 is 2.52 bits per heavy atom. The average molecular weight is 855 g/mol. The minimum Gasteiger partial charge on any atom is -0.508 e. The summed E-state index contributed by atoms with van der Waals surface area (Å²) in [5.74, 6) is -4.11. The third kappa shape index (κ3) is 4.48. The summed E-state index contributed by atoms with van der Waals surface area (Å²) in [6.45, 7) is 0.0540. The average Bonchev–Trinajstić information content (AvgIpc) is 3.99. The van der Waals surface area contributed by atoms with E-state index in [1.54, 1.807) is 12.1 Å². The number of esters is 1. The molecule has 5 aromatic rings. The summed E-state index contributed by atoms with van der Waals surface area (Å²) in [7, 11) is 1.90. The number of aromatic amines is 1. The van der Waals surface area contributed by atoms with Crippen molar-refractivity contribution in [1.29, 1.82) is 0 Å². The number of aliphatic hydroxyl groups excluding tert-OH is 2. The van der Waals surface area contributed by atoms with Crippen molar-refractivity contribution in [2.45, 2.75) is 111 Å². The van der Waals surface area contributed by atoms with Gasteiger partial charge in [-0.15, -0.1) is 0 Å². The Morgan fingerprint density at radius 2 is 1.71 bits per heavy atom. The Balaban J connectivity index is 0.985. The standard InChI is InChI=1S/C51H54N2O10/c1-52-23-31-21-35-37-11-13-40(56)51(60)50(37,59)45(43(63-51)46(57)61-42-39(24-54)53-38-12-6-27-18-25-4-2-3-5-26(25)20-34(27)41(38)42)62-44(35)47-16-15-29-7-8-30-19-28(14-17-48(31,47)58)33-22-32(55)9-10-36(33)49(29,30)47/h2-6,9-13,18,20,22,28-31,35,37,40,43-45,52-56,58-60H,7-8,14-17,19,21,23-24H2,1H3/t28-,29+,30-,31-,35-,37-,40+,43+,44-,45-,47+,48+,49+,50+,51-/m0/s1. The van der Waals surface area contributed by atoms with Gasteiger partial charge in [-0.2, -0.15) is 0 Å². The van der Waals surface area contributed by atoms with Crippen molar-refractivity contribution in [2.75, 3.05) is 13.6 Å². The first-order chi connectivity index (χ1) is 30.4. The molecule has 15 atom stereocenters. The van der Waals surface area contributed by atoms with E-state index in [0.717, 1.165) is 59.2 Å². The minimum absolute atomic E-state index is 0.100. The number of hydrogen-bond acceptors (Lipinski definition) is 11. The lowest BCUT2D eigenvalue weighted by molar-refractivity contribution is -0.361. The Hall–Kier alpha value is -4.37. The molecule has 4 saturated carbocycles. The molecule has 8 aliphatic rings. The van der Waals surface area contributed by atoms with Crippen LogP contribution in [0.15, 0.2) is 78.9 Å². The van der Waals surface area contributed by atoms with Crippen LogP contribution in [0.3, 0.4) is 0 Å². The van der Waals surface area contributed by atoms with E-state index in [2.05, 4.69) is 22.4 Å². The molecule has 3 heterocycles. The molecule has 12 nitrogen and oxygen atoms in total. The number of aromatic hydroxyl groups is 1. The molecule has 12 heteroatoms. The Bertz CT molecular complexity index is 2810. The number of nitrogens with one attached hydrogen (secondary N) is 2. The molecule has 0 amide bonds. The van der Waals surface area contributed by atoms with E-state index >= 15 is 4.79 Å². The number of fused-ring (bicyclic) bond motifs is 9. The highest BCUT2D eigenvalue weighted by Crippen LogP contribution is 2.80. The van der Waals surface area contributed by atoms with Crippen LogP contribution in [-0.4, -0.2) is 96.6 Å². The molecular formula is C51H54N2O10. The van der Waals surface area contributed by atoms with Crippen LogP contribution in [-0.2, 0) is 26.3 Å². The molecule has 2 aliphatic heterocycles. The largest absolute Gasteiger partial charge is 0.508 e. The van der Waals surface area contributed by atoms with Gasteiger partial charge in [0.2, 0.25) is 5.79 Å². The van der Waals surface area contributed by atoms with Gasteiger partial charge >= 0.3 is 5.97 Å². The molecule has 8 N–H and O–H groups in total. The van der Waals surface area contributed by atoms with Crippen LogP contribution >= 0.6 is 0 Å². The van der Waals surface area contributed by atoms with Gasteiger partial charge in [-0.25, -0.2) is 4.79 Å². The van der Waals surface area contributed by atoms with Crippen molar-refractivity contribution in [2.24, 2.45) is 35.0 Å². The second-order valence-electron chi connectivity index (χ2n) is 20.5. The fraction of sp³-hybridized carbons (Fsp3) is 0.510. The van der Waals surface area contributed by atoms with Gasteiger partial charge in [0.05, 0.1) is 34.9 Å². The first kappa shape index (κ1) is 39.0. The normalized spacial score (nSPS) is 42.7. The molecular weight excluding hydrogens is 801 g/mol. The summed E-state index contributed by atoms with van der Waals surface area (Å²) in [6.07, 6.45) is 3.85. The summed E-state index contributed by atoms with van der Waals surface area (Å²) in [6, 6.07) is 21.8. The third-order valence-electron chi connectivity index (χ3n) is 18.5. The number of ether oxygens (including phenoxy) is 3. The molecule has 1 aromatic heterocycles. The van der Waals surface area contributed by atoms with Crippen molar-refractivity contribution in [3.05, 3.63) is 95.7 Å². The minimum atomic E-state index is -2.64. The van der Waals surface area contributed by atoms with Crippen LogP contribution in [0.25, 0.3) is 32.4 Å². The number of carbonyl (C=O) groups excluding carboxylic acids is 1. The number of carbonyl (C=O) groups is 1. The lowest BCUT2D eigenvalue weighted by Gasteiger charge is -2.72. The maximum atomic E-state index is 15.1. The zero-order valence-corrected chi connectivity index (χ0v) is 35.2. The second-order valence-corrected chi connectivity index (χ2v) is 20.5. The Labute approximate surface area is 363 Å². The summed E-state index contributed by atoms with van der Waals surface area (Å²) in [5.41, 5.74) is -1.67. The van der Waals surface area contributed by atoms with Crippen molar-refractivity contribution in [3.63, 3.8) is 0 Å². The highest BCUT2D eigenvalue weighted by molar-refractivity contribution is 6.14. The molecule has 6 aliphatic carbocycles. The zero-order chi connectivity index (χ0) is 43.0. The predicted molar refractivity (Wildman–Crippen MR) is 232 cm³/mol. The van der Waals surface area contributed by atoms with E-state index in [-0.39, 0.29) is 40.9 Å². The van der Waals surface area contributed by atoms with E-state index in [4.69, 9.17) is 14.2 Å². The molecule has 13 rings (SSSR count). The van der Waals surface area contributed by atoms with Gasteiger partial charge in [-0.1, -0.05) is 48.6 Å². The quantitative estimate of drug-likeness (QED) is 0.0648. The Morgan fingerprint density at radius 1 is 0.905 bits per heavy atom. The van der Waals surface area contributed by atoms with Gasteiger partial charge in [0.15, 0.2) is 17.5 Å². The van der Waals surface area contributed by atoms with Crippen molar-refractivity contribution >= 4 is 38.4 Å². The Kier molecular flexibility index (Phi) is 8.00. The maximum absolute atomic E-state index is 15.1. The van der Waals surface area contributed by atoms with Crippen molar-refractivity contribution in [1.82, 2.24) is 10.3 Å². The van der Waals surface area contributed by atoms with Crippen LogP contribution in [0.4, 0.5) is 0 Å². The first-order valence-corrected chi connectivity index (χ1v) is 23.1. The molecule has 0 radical (unpaired) electrons. The number of phenolic OH excluding ortho intramolecular Hbond substituents is 1. The smallest absolute Gasteiger partial charge is 0.343 e. The van der Waals surface area contributed by atoms with Gasteiger partial charge in [-0.05, 0) is 145 Å². The SMILES string of the molecule is CNC[C@@H]1C[C@H]2[C@@H]3C=C[C@@H](O)[C@]4(O)O[C@@H](C(=O)Oc5c(CO)[nH]c6ccc7cc8ccccc8cc7c56)[C@H](O[C@@H]2[C@]25CC[C@H]6CC[C@H]7C[C@H](CC[C@@]12O)c1cc(O)ccc1[C@@]675)[C@]34O. The monoisotopic (exact) mass is 854 g/mol. The summed E-state index contributed by atoms with van der Waals surface area (Å²) in [5, 5.41) is 80.8. The number of aromatic nitrogens is 1. The lowest BCUT2D eigenvalue weighted by atomic mass is 9.36. The van der Waals surface area contributed by atoms with Gasteiger partial charge < -0.3 is 55.2 Å². The molecule has 4 aromatic carbocycles. The number of aliphatic hydroxyl groups is 5. The van der Waals surface area contributed by atoms with Gasteiger partial charge in [0.1, 0.15) is 18.0 Å². The van der Waals surface area contributed by atoms with Crippen LogP contribution in [0.1, 0.15) is 74.1 Å². The summed E-state index contributed by atoms with van der Waals surface area (Å²) < 4.78 is 20.2. The van der Waals surface area contributed by atoms with Gasteiger partial charge in [0, 0.05) is 29.2 Å². The van der Waals surface area contributed by atoms with Crippen molar-refractivity contribution in [3.8, 4) is 11.5 Å². The summed E-state index contributed by atoms with van der Waals surface area (Å²) in [4.78, 5) is 18.3. The highest BCUT2D eigenvalue weighted by atomic mass is 16.7. The number of benzene rings is 4. The fourth-order valence-electron chi connectivity index (χ4n) is 16.5. The topological polar surface area (TPSA) is 194 Å². The fourth-order valence-corrected chi connectivity index (χ4v) is 16.5. The highest BCUT2D eigenvalue weighted by Gasteiger charge is 2.85. The van der Waals surface area contributed by atoms with E-state index in [1.165, 1.54) is 11.6 Å². The van der Waals surface area contributed by atoms with E-state index in [9.17, 15) is 30.6 Å². The second kappa shape index (κ2) is 12.9. The zero-order valence-electron chi connectivity index (χ0n) is 35.2. The molecule has 2 saturated heterocycles. The van der Waals surface area contributed by atoms with Gasteiger partial charge in [-0.3, -0.25) is 0 Å². The first-order valence-electron chi connectivity index (χ1n) is 23.1. The maximum Gasteiger partial charge on any atom is 0.343 e. The van der Waals surface area contributed by atoms with Crippen LogP contribution in [0.5, 0.6) is 11.5 Å². The lowest BCUT2D eigenvalue weighted by Crippen LogP contribution is -2.80. The van der Waals surface area contributed by atoms with E-state index in [0.29, 0.717) is 36.7 Å². The number of phenols is 1. The van der Waals surface area contributed by atoms with Crippen LogP contribution < -0.4 is 10.1 Å². The van der Waals surface area contributed by atoms with Crippen LogP contribution in [0, 0.1) is 35.0 Å². The number of hydrogen-bond donors (Lipinski definition) is 8. The van der Waals surface area contributed by atoms with Crippen molar-refractivity contribution < 1.29 is 49.6 Å². The molecule has 6 fully saturated rings. The molecule has 0 unspecified atom stereocenters. The number of H-pyrrole nitrogens is 1. The molecule has 2 bridgehead atoms. The third-order valence-corrected chi connectivity index (χ3v) is 18.5. The summed E-state index contributed by atoms with van der Waals surface area (Å²) >= 11 is 0. The molecule has 63 heavy (non-hydrogen) atoms. The molecule has 2 spiro atoms.